The molecule has 0 N–H and O–H groups in total. The molecule has 0 radical (unpaired) electrons. The molecule has 0 unspecified atom stereocenters. The SMILES string of the molecule is CCS(=O)(=O)N1CC(c2cncc(N3C(=O)c4ccc(Cl)cc4C3(C)C)c2)C1. The fourth-order valence-electron chi connectivity index (χ4n) is 3.99. The summed E-state index contributed by atoms with van der Waals surface area (Å²) in [5, 5.41) is 0.597. The summed E-state index contributed by atoms with van der Waals surface area (Å²) >= 11 is 6.15. The van der Waals surface area contributed by atoms with Crippen LogP contribution in [0.15, 0.2) is 36.7 Å². The molecule has 28 heavy (non-hydrogen) atoms. The molecule has 3 heterocycles. The molecule has 1 saturated heterocycles. The van der Waals surface area contributed by atoms with Crippen molar-refractivity contribution in [3.8, 4) is 0 Å². The van der Waals surface area contributed by atoms with Gasteiger partial charge in [-0.15, -0.1) is 0 Å². The van der Waals surface area contributed by atoms with E-state index >= 15 is 0 Å². The van der Waals surface area contributed by atoms with Gasteiger partial charge in [-0.3, -0.25) is 14.7 Å². The van der Waals surface area contributed by atoms with Crippen molar-refractivity contribution < 1.29 is 13.2 Å². The first-order valence-corrected chi connectivity index (χ1v) is 11.2. The molecule has 0 atom stereocenters. The number of aromatic nitrogens is 1. The highest BCUT2D eigenvalue weighted by Crippen LogP contribution is 2.43. The van der Waals surface area contributed by atoms with E-state index in [0.717, 1.165) is 11.1 Å². The maximum absolute atomic E-state index is 13.1. The van der Waals surface area contributed by atoms with Crippen LogP contribution in [0.5, 0.6) is 0 Å². The molecule has 0 aliphatic carbocycles. The Kier molecular flexibility index (Phi) is 4.52. The maximum Gasteiger partial charge on any atom is 0.259 e. The molecule has 1 aromatic carbocycles. The number of carbonyl (C=O) groups excluding carboxylic acids is 1. The monoisotopic (exact) mass is 419 g/mol. The number of anilines is 1. The van der Waals surface area contributed by atoms with E-state index in [1.165, 1.54) is 4.31 Å². The molecule has 2 aromatic rings. The molecule has 8 heteroatoms. The van der Waals surface area contributed by atoms with Gasteiger partial charge in [0.15, 0.2) is 0 Å². The van der Waals surface area contributed by atoms with Gasteiger partial charge in [0, 0.05) is 35.8 Å². The van der Waals surface area contributed by atoms with E-state index in [9.17, 15) is 13.2 Å². The topological polar surface area (TPSA) is 70.6 Å². The third-order valence-electron chi connectivity index (χ3n) is 5.71. The number of amides is 1. The van der Waals surface area contributed by atoms with E-state index < -0.39 is 15.6 Å². The molecular weight excluding hydrogens is 398 g/mol. The van der Waals surface area contributed by atoms with Gasteiger partial charge in [0.25, 0.3) is 5.91 Å². The smallest absolute Gasteiger partial charge is 0.259 e. The fraction of sp³-hybridized carbons (Fsp3) is 0.400. The molecular formula is C20H22ClN3O3S. The quantitative estimate of drug-likeness (QED) is 0.761. The van der Waals surface area contributed by atoms with Crippen LogP contribution in [0.4, 0.5) is 5.69 Å². The molecule has 2 aliphatic heterocycles. The lowest BCUT2D eigenvalue weighted by molar-refractivity contribution is 0.0982. The van der Waals surface area contributed by atoms with Crippen LogP contribution in [0.2, 0.25) is 5.02 Å². The average molecular weight is 420 g/mol. The maximum atomic E-state index is 13.1. The van der Waals surface area contributed by atoms with Crippen LogP contribution in [-0.4, -0.2) is 42.5 Å². The summed E-state index contributed by atoms with van der Waals surface area (Å²) in [6.07, 6.45) is 3.43. The summed E-state index contributed by atoms with van der Waals surface area (Å²) in [4.78, 5) is 19.2. The first-order chi connectivity index (χ1) is 13.1. The van der Waals surface area contributed by atoms with Crippen molar-refractivity contribution in [1.29, 1.82) is 0 Å². The van der Waals surface area contributed by atoms with Crippen LogP contribution in [0.25, 0.3) is 0 Å². The molecule has 1 aromatic heterocycles. The van der Waals surface area contributed by atoms with Gasteiger partial charge < -0.3 is 0 Å². The van der Waals surface area contributed by atoms with E-state index in [1.54, 1.807) is 36.4 Å². The van der Waals surface area contributed by atoms with Gasteiger partial charge >= 0.3 is 0 Å². The number of nitrogens with zero attached hydrogens (tertiary/aromatic N) is 3. The highest BCUT2D eigenvalue weighted by atomic mass is 35.5. The molecule has 1 amide bonds. The summed E-state index contributed by atoms with van der Waals surface area (Å²) in [5.74, 6) is 0.112. The first kappa shape index (κ1) is 19.4. The summed E-state index contributed by atoms with van der Waals surface area (Å²) < 4.78 is 25.4. The van der Waals surface area contributed by atoms with Gasteiger partial charge in [0.1, 0.15) is 0 Å². The van der Waals surface area contributed by atoms with Crippen molar-refractivity contribution >= 4 is 33.2 Å². The molecule has 0 saturated carbocycles. The second-order valence-electron chi connectivity index (χ2n) is 7.78. The van der Waals surface area contributed by atoms with E-state index in [1.807, 2.05) is 26.0 Å². The first-order valence-electron chi connectivity index (χ1n) is 9.22. The van der Waals surface area contributed by atoms with Crippen LogP contribution in [-0.2, 0) is 15.6 Å². The van der Waals surface area contributed by atoms with Crippen molar-refractivity contribution in [2.45, 2.75) is 32.2 Å². The Balaban J connectivity index is 1.63. The highest BCUT2D eigenvalue weighted by molar-refractivity contribution is 7.89. The van der Waals surface area contributed by atoms with Crippen LogP contribution >= 0.6 is 11.6 Å². The van der Waals surface area contributed by atoms with Crippen molar-refractivity contribution in [3.05, 3.63) is 58.4 Å². The Bertz CT molecular complexity index is 1060. The lowest BCUT2D eigenvalue weighted by Gasteiger charge is -2.38. The molecule has 0 bridgehead atoms. The second-order valence-corrected chi connectivity index (χ2v) is 10.5. The molecule has 0 spiro atoms. The number of fused-ring (bicyclic) bond motifs is 1. The molecule has 4 rings (SSSR count). The van der Waals surface area contributed by atoms with Crippen molar-refractivity contribution in [2.24, 2.45) is 0 Å². The predicted octanol–water partition coefficient (Wildman–Crippen LogP) is 3.38. The third-order valence-corrected chi connectivity index (χ3v) is 7.76. The van der Waals surface area contributed by atoms with Gasteiger partial charge in [-0.1, -0.05) is 11.6 Å². The Morgan fingerprint density at radius 1 is 1.21 bits per heavy atom. The van der Waals surface area contributed by atoms with Gasteiger partial charge in [0.2, 0.25) is 10.0 Å². The van der Waals surface area contributed by atoms with Gasteiger partial charge in [-0.05, 0) is 56.2 Å². The van der Waals surface area contributed by atoms with E-state index in [-0.39, 0.29) is 17.6 Å². The standard InChI is InChI=1S/C20H22ClN3O3S/c1-4-28(26,27)23-11-14(12-23)13-7-16(10-22-9-13)24-19(25)17-6-5-15(21)8-18(17)20(24,2)3/h5-10,14H,4,11-12H2,1-3H3. The van der Waals surface area contributed by atoms with Crippen LogP contribution in [0.1, 0.15) is 48.2 Å². The predicted molar refractivity (Wildman–Crippen MR) is 109 cm³/mol. The minimum atomic E-state index is -3.16. The number of rotatable bonds is 4. The number of hydrogen-bond donors (Lipinski definition) is 0. The number of carbonyl (C=O) groups is 1. The Labute approximate surface area is 170 Å². The fourth-order valence-corrected chi connectivity index (χ4v) is 5.34. The van der Waals surface area contributed by atoms with Gasteiger partial charge in [-0.25, -0.2) is 12.7 Å². The zero-order chi connectivity index (χ0) is 20.3. The van der Waals surface area contributed by atoms with Crippen molar-refractivity contribution in [1.82, 2.24) is 9.29 Å². The normalized spacial score (nSPS) is 19.6. The lowest BCUT2D eigenvalue weighted by atomic mass is 9.92. The number of sulfonamides is 1. The van der Waals surface area contributed by atoms with Crippen LogP contribution < -0.4 is 4.90 Å². The molecule has 2 aliphatic rings. The summed E-state index contributed by atoms with van der Waals surface area (Å²) in [6.45, 7) is 6.52. The van der Waals surface area contributed by atoms with Crippen LogP contribution in [0.3, 0.4) is 0 Å². The number of pyridine rings is 1. The zero-order valence-electron chi connectivity index (χ0n) is 16.0. The number of halogens is 1. The summed E-state index contributed by atoms with van der Waals surface area (Å²) in [6, 6.07) is 7.27. The summed E-state index contributed by atoms with van der Waals surface area (Å²) in [7, 11) is -3.16. The number of benzene rings is 1. The zero-order valence-corrected chi connectivity index (χ0v) is 17.6. The minimum absolute atomic E-state index is 0.0839. The Morgan fingerprint density at radius 3 is 2.61 bits per heavy atom. The minimum Gasteiger partial charge on any atom is -0.297 e. The van der Waals surface area contributed by atoms with E-state index in [2.05, 4.69) is 4.98 Å². The Morgan fingerprint density at radius 2 is 1.93 bits per heavy atom. The Hall–Kier alpha value is -1.96. The van der Waals surface area contributed by atoms with Crippen molar-refractivity contribution in [2.75, 3.05) is 23.7 Å². The summed E-state index contributed by atoms with van der Waals surface area (Å²) in [5.41, 5.74) is 2.62. The molecule has 1 fully saturated rings. The second kappa shape index (κ2) is 6.54. The molecule has 148 valence electrons. The number of hydrogen-bond acceptors (Lipinski definition) is 4. The highest BCUT2D eigenvalue weighted by Gasteiger charge is 2.44. The molecule has 6 nitrogen and oxygen atoms in total. The van der Waals surface area contributed by atoms with Gasteiger partial charge in [0.05, 0.1) is 23.2 Å². The average Bonchev–Trinajstić information content (AvgIpc) is 2.79. The van der Waals surface area contributed by atoms with Crippen LogP contribution in [0, 0.1) is 0 Å². The van der Waals surface area contributed by atoms with E-state index in [4.69, 9.17) is 11.6 Å². The van der Waals surface area contributed by atoms with Crippen molar-refractivity contribution in [3.63, 3.8) is 0 Å². The largest absolute Gasteiger partial charge is 0.297 e. The third kappa shape index (κ3) is 2.93. The van der Waals surface area contributed by atoms with Gasteiger partial charge in [-0.2, -0.15) is 0 Å². The lowest BCUT2D eigenvalue weighted by Crippen LogP contribution is -2.49. The van der Waals surface area contributed by atoms with E-state index in [0.29, 0.717) is 29.4 Å².